The molecule has 0 atom stereocenters. The number of aromatic nitrogens is 2. The number of hydrogen-bond donors (Lipinski definition) is 2. The van der Waals surface area contributed by atoms with E-state index < -0.39 is 0 Å². The Morgan fingerprint density at radius 2 is 2.06 bits per heavy atom. The van der Waals surface area contributed by atoms with Crippen LogP contribution in [0.1, 0.15) is 18.3 Å². The van der Waals surface area contributed by atoms with E-state index >= 15 is 0 Å². The van der Waals surface area contributed by atoms with Crippen molar-refractivity contribution >= 4 is 16.7 Å². The van der Waals surface area contributed by atoms with Crippen LogP contribution in [-0.4, -0.2) is 21.0 Å². The summed E-state index contributed by atoms with van der Waals surface area (Å²) >= 11 is 1.40. The molecule has 0 saturated heterocycles. The fourth-order valence-electron chi connectivity index (χ4n) is 1.45. The standard InChI is InChI=1S/C12H15N3OS/c1-2-11-14-12(17-15-11)13-8-7-9-3-5-10(16)6-4-9/h3-6,16H,2,7-8H2,1H3,(H,13,14,15). The first-order valence-corrected chi connectivity index (χ1v) is 6.39. The van der Waals surface area contributed by atoms with E-state index in [1.807, 2.05) is 19.1 Å². The molecule has 0 aliphatic rings. The zero-order chi connectivity index (χ0) is 12.1. The molecule has 2 rings (SSSR count). The first-order chi connectivity index (χ1) is 8.28. The fourth-order valence-corrected chi connectivity index (χ4v) is 2.12. The molecule has 0 fully saturated rings. The van der Waals surface area contributed by atoms with Crippen LogP contribution in [0.5, 0.6) is 5.75 Å². The second kappa shape index (κ2) is 5.63. The van der Waals surface area contributed by atoms with Crippen LogP contribution in [0.2, 0.25) is 0 Å². The van der Waals surface area contributed by atoms with E-state index in [1.165, 1.54) is 17.1 Å². The molecule has 2 N–H and O–H groups in total. The van der Waals surface area contributed by atoms with Gasteiger partial charge < -0.3 is 10.4 Å². The predicted molar refractivity (Wildman–Crippen MR) is 69.6 cm³/mol. The third kappa shape index (κ3) is 3.42. The number of anilines is 1. The van der Waals surface area contributed by atoms with Crippen LogP contribution >= 0.6 is 11.5 Å². The van der Waals surface area contributed by atoms with Gasteiger partial charge in [0.2, 0.25) is 5.13 Å². The molecule has 0 saturated carbocycles. The minimum Gasteiger partial charge on any atom is -0.508 e. The molecule has 0 aliphatic carbocycles. The highest BCUT2D eigenvalue weighted by Gasteiger charge is 2.01. The highest BCUT2D eigenvalue weighted by molar-refractivity contribution is 7.09. The predicted octanol–water partition coefficient (Wildman–Crippen LogP) is 2.46. The minimum atomic E-state index is 0.304. The quantitative estimate of drug-likeness (QED) is 0.854. The van der Waals surface area contributed by atoms with Crippen molar-refractivity contribution in [1.82, 2.24) is 9.36 Å². The van der Waals surface area contributed by atoms with Crippen molar-refractivity contribution in [3.8, 4) is 5.75 Å². The molecule has 0 aliphatic heterocycles. The second-order valence-corrected chi connectivity index (χ2v) is 4.46. The SMILES string of the molecule is CCc1nsc(NCCc2ccc(O)cc2)n1. The summed E-state index contributed by atoms with van der Waals surface area (Å²) in [6.45, 7) is 2.87. The van der Waals surface area contributed by atoms with E-state index in [-0.39, 0.29) is 0 Å². The number of hydrogen-bond acceptors (Lipinski definition) is 5. The molecular formula is C12H15N3OS. The van der Waals surface area contributed by atoms with E-state index in [0.717, 1.165) is 30.3 Å². The van der Waals surface area contributed by atoms with Crippen LogP contribution in [0.15, 0.2) is 24.3 Å². The maximum Gasteiger partial charge on any atom is 0.202 e. The molecule has 0 unspecified atom stereocenters. The average Bonchev–Trinajstić information content (AvgIpc) is 2.80. The zero-order valence-electron chi connectivity index (χ0n) is 9.68. The summed E-state index contributed by atoms with van der Waals surface area (Å²) < 4.78 is 4.21. The van der Waals surface area contributed by atoms with E-state index in [4.69, 9.17) is 5.11 Å². The third-order valence-corrected chi connectivity index (χ3v) is 3.12. The van der Waals surface area contributed by atoms with Crippen molar-refractivity contribution in [3.05, 3.63) is 35.7 Å². The van der Waals surface area contributed by atoms with Crippen molar-refractivity contribution in [1.29, 1.82) is 0 Å². The first kappa shape index (κ1) is 11.9. The van der Waals surface area contributed by atoms with Crippen molar-refractivity contribution in [2.24, 2.45) is 0 Å². The summed E-state index contributed by atoms with van der Waals surface area (Å²) in [5.74, 6) is 1.19. The Morgan fingerprint density at radius 1 is 1.29 bits per heavy atom. The lowest BCUT2D eigenvalue weighted by atomic mass is 10.1. The molecule has 0 spiro atoms. The van der Waals surface area contributed by atoms with Crippen molar-refractivity contribution in [2.45, 2.75) is 19.8 Å². The topological polar surface area (TPSA) is 58.0 Å². The summed E-state index contributed by atoms with van der Waals surface area (Å²) in [6, 6.07) is 7.26. The lowest BCUT2D eigenvalue weighted by Gasteiger charge is -2.02. The molecule has 0 bridgehead atoms. The molecule has 2 aromatic rings. The Morgan fingerprint density at radius 3 is 2.71 bits per heavy atom. The van der Waals surface area contributed by atoms with Gasteiger partial charge in [-0.25, -0.2) is 4.98 Å². The van der Waals surface area contributed by atoms with Gasteiger partial charge >= 0.3 is 0 Å². The van der Waals surface area contributed by atoms with Gasteiger partial charge in [-0.3, -0.25) is 0 Å². The normalized spacial score (nSPS) is 10.4. The molecule has 1 heterocycles. The van der Waals surface area contributed by atoms with Gasteiger partial charge in [0.1, 0.15) is 11.6 Å². The lowest BCUT2D eigenvalue weighted by molar-refractivity contribution is 0.475. The molecule has 5 heteroatoms. The Labute approximate surface area is 105 Å². The van der Waals surface area contributed by atoms with E-state index in [1.54, 1.807) is 12.1 Å². The van der Waals surface area contributed by atoms with E-state index in [0.29, 0.717) is 5.75 Å². The summed E-state index contributed by atoms with van der Waals surface area (Å²) in [5, 5.41) is 13.3. The number of benzene rings is 1. The van der Waals surface area contributed by atoms with Crippen molar-refractivity contribution in [2.75, 3.05) is 11.9 Å². The first-order valence-electron chi connectivity index (χ1n) is 5.62. The molecule has 4 nitrogen and oxygen atoms in total. The maximum absolute atomic E-state index is 9.16. The number of aromatic hydroxyl groups is 1. The van der Waals surface area contributed by atoms with Crippen LogP contribution in [0.25, 0.3) is 0 Å². The zero-order valence-corrected chi connectivity index (χ0v) is 10.5. The second-order valence-electron chi connectivity index (χ2n) is 3.71. The third-order valence-electron chi connectivity index (χ3n) is 2.41. The van der Waals surface area contributed by atoms with Gasteiger partial charge in [0.15, 0.2) is 0 Å². The Kier molecular flexibility index (Phi) is 3.93. The van der Waals surface area contributed by atoms with Gasteiger partial charge in [-0.1, -0.05) is 19.1 Å². The molecule has 17 heavy (non-hydrogen) atoms. The number of nitrogens with zero attached hydrogens (tertiary/aromatic N) is 2. The minimum absolute atomic E-state index is 0.304. The van der Waals surface area contributed by atoms with Crippen LogP contribution in [0.4, 0.5) is 5.13 Å². The monoisotopic (exact) mass is 249 g/mol. The number of nitrogens with one attached hydrogen (secondary N) is 1. The largest absolute Gasteiger partial charge is 0.508 e. The van der Waals surface area contributed by atoms with Crippen molar-refractivity contribution < 1.29 is 5.11 Å². The van der Waals surface area contributed by atoms with Gasteiger partial charge in [0, 0.05) is 24.5 Å². The Balaban J connectivity index is 1.81. The van der Waals surface area contributed by atoms with Gasteiger partial charge in [0.05, 0.1) is 0 Å². The summed E-state index contributed by atoms with van der Waals surface area (Å²) in [6.07, 6.45) is 1.78. The van der Waals surface area contributed by atoms with Crippen LogP contribution < -0.4 is 5.32 Å². The summed E-state index contributed by atoms with van der Waals surface area (Å²) in [5.41, 5.74) is 1.19. The van der Waals surface area contributed by atoms with E-state index in [2.05, 4.69) is 14.7 Å². The highest BCUT2D eigenvalue weighted by Crippen LogP contribution is 2.13. The molecule has 90 valence electrons. The molecule has 1 aromatic carbocycles. The van der Waals surface area contributed by atoms with Crippen molar-refractivity contribution in [3.63, 3.8) is 0 Å². The van der Waals surface area contributed by atoms with Crippen LogP contribution in [0, 0.1) is 0 Å². The lowest BCUT2D eigenvalue weighted by Crippen LogP contribution is -2.04. The number of rotatable bonds is 5. The summed E-state index contributed by atoms with van der Waals surface area (Å²) in [7, 11) is 0. The maximum atomic E-state index is 9.16. The number of aryl methyl sites for hydroxylation is 1. The van der Waals surface area contributed by atoms with Gasteiger partial charge in [0.25, 0.3) is 0 Å². The molecule has 0 radical (unpaired) electrons. The molecule has 1 aromatic heterocycles. The summed E-state index contributed by atoms with van der Waals surface area (Å²) in [4.78, 5) is 4.33. The highest BCUT2D eigenvalue weighted by atomic mass is 32.1. The van der Waals surface area contributed by atoms with Gasteiger partial charge in [-0.15, -0.1) is 0 Å². The fraction of sp³-hybridized carbons (Fsp3) is 0.333. The number of phenolic OH excluding ortho intramolecular Hbond substituents is 1. The Hall–Kier alpha value is -1.62. The average molecular weight is 249 g/mol. The number of phenols is 1. The Bertz CT molecular complexity index is 467. The van der Waals surface area contributed by atoms with Crippen LogP contribution in [0.3, 0.4) is 0 Å². The van der Waals surface area contributed by atoms with Crippen LogP contribution in [-0.2, 0) is 12.8 Å². The van der Waals surface area contributed by atoms with Gasteiger partial charge in [-0.05, 0) is 24.1 Å². The smallest absolute Gasteiger partial charge is 0.202 e. The molecule has 0 amide bonds. The van der Waals surface area contributed by atoms with E-state index in [9.17, 15) is 0 Å². The van der Waals surface area contributed by atoms with Gasteiger partial charge in [-0.2, -0.15) is 4.37 Å². The molecular weight excluding hydrogens is 234 g/mol.